The molecule has 1 aliphatic heterocycles. The van der Waals surface area contributed by atoms with Crippen LogP contribution in [0.2, 0.25) is 0 Å². The number of nitrogens with zero attached hydrogens (tertiary/aromatic N) is 2. The molecule has 0 radical (unpaired) electrons. The second-order valence-electron chi connectivity index (χ2n) is 5.83. The number of rotatable bonds is 6. The Morgan fingerprint density at radius 3 is 2.43 bits per heavy atom. The highest BCUT2D eigenvalue weighted by Crippen LogP contribution is 2.64. The average molecular weight is 479 g/mol. The summed E-state index contributed by atoms with van der Waals surface area (Å²) in [4.78, 5) is 12.6. The van der Waals surface area contributed by atoms with Gasteiger partial charge in [0.05, 0.1) is 18.0 Å². The van der Waals surface area contributed by atoms with Gasteiger partial charge in [0.2, 0.25) is 11.8 Å². The van der Waals surface area contributed by atoms with E-state index in [2.05, 4.69) is 21.0 Å². The van der Waals surface area contributed by atoms with Gasteiger partial charge in [-0.25, -0.2) is 9.80 Å². The van der Waals surface area contributed by atoms with Gasteiger partial charge in [-0.3, -0.25) is 0 Å². The normalized spacial score (nSPS) is 19.0. The zero-order valence-electron chi connectivity index (χ0n) is 15.5. The number of ether oxygens (including phenoxy) is 1. The van der Waals surface area contributed by atoms with Crippen molar-refractivity contribution in [2.75, 3.05) is 17.4 Å². The lowest BCUT2D eigenvalue weighted by Crippen LogP contribution is -2.27. The van der Waals surface area contributed by atoms with Crippen LogP contribution >= 0.6 is 33.7 Å². The number of hydrogen-bond acceptors (Lipinski definition) is 6. The predicted octanol–water partition coefficient (Wildman–Crippen LogP) is 6.18. The number of esters is 1. The number of carbonyl (C=O) groups is 1. The molecule has 8 heteroatoms. The number of hydrazone groups is 1. The third-order valence-corrected chi connectivity index (χ3v) is 9.31. The van der Waals surface area contributed by atoms with E-state index in [4.69, 9.17) is 4.74 Å². The fourth-order valence-corrected chi connectivity index (χ4v) is 7.18. The van der Waals surface area contributed by atoms with Crippen LogP contribution in [0.1, 0.15) is 19.4 Å². The Morgan fingerprint density at radius 2 is 1.82 bits per heavy atom. The molecule has 0 saturated heterocycles. The van der Waals surface area contributed by atoms with Crippen LogP contribution in [-0.4, -0.2) is 23.8 Å². The standard InChI is InChI=1S/C20H20BrN2O3PS/c1-3-26-20(24)19-22-23(17-12-10-16(21)11-13-17)18(14-27(19,25)28-4-2)15-8-6-5-7-9-15/h5-14H,3-4H2,1-2H3. The van der Waals surface area contributed by atoms with Crippen molar-refractivity contribution in [1.82, 2.24) is 0 Å². The van der Waals surface area contributed by atoms with Gasteiger partial charge in [0, 0.05) is 15.9 Å². The van der Waals surface area contributed by atoms with Gasteiger partial charge < -0.3 is 9.30 Å². The molecule has 0 fully saturated rings. The van der Waals surface area contributed by atoms with Crippen LogP contribution in [0.15, 0.2) is 70.0 Å². The van der Waals surface area contributed by atoms with Crippen molar-refractivity contribution in [3.8, 4) is 0 Å². The zero-order chi connectivity index (χ0) is 20.1. The summed E-state index contributed by atoms with van der Waals surface area (Å²) in [5.74, 6) is 1.63. The highest BCUT2D eigenvalue weighted by Gasteiger charge is 2.40. The molecule has 0 saturated carbocycles. The molecule has 1 atom stereocenters. The maximum absolute atomic E-state index is 13.7. The highest BCUT2D eigenvalue weighted by molar-refractivity contribution is 9.10. The molecule has 1 aliphatic rings. The maximum atomic E-state index is 13.7. The van der Waals surface area contributed by atoms with Crippen molar-refractivity contribution in [3.05, 3.63) is 70.5 Å². The van der Waals surface area contributed by atoms with Crippen molar-refractivity contribution in [2.45, 2.75) is 13.8 Å². The maximum Gasteiger partial charge on any atom is 0.363 e. The Labute approximate surface area is 177 Å². The third-order valence-electron chi connectivity index (χ3n) is 3.93. The SMILES string of the molecule is CCOC(=O)C1=NN(c2ccc(Br)cc2)C(c2ccccc2)=CP1(=O)SCC. The van der Waals surface area contributed by atoms with Crippen LogP contribution in [0, 0.1) is 0 Å². The minimum Gasteiger partial charge on any atom is -0.461 e. The highest BCUT2D eigenvalue weighted by atomic mass is 79.9. The molecule has 0 amide bonds. The van der Waals surface area contributed by atoms with Crippen LogP contribution in [0.4, 0.5) is 5.69 Å². The summed E-state index contributed by atoms with van der Waals surface area (Å²) in [5, 5.41) is 6.19. The molecular weight excluding hydrogens is 459 g/mol. The van der Waals surface area contributed by atoms with Gasteiger partial charge in [0.1, 0.15) is 0 Å². The first-order valence-corrected chi connectivity index (χ1v) is 13.0. The molecule has 1 heterocycles. The molecule has 0 N–H and O–H groups in total. The van der Waals surface area contributed by atoms with E-state index in [1.54, 1.807) is 17.7 Å². The first-order valence-electron chi connectivity index (χ1n) is 8.83. The average Bonchev–Trinajstić information content (AvgIpc) is 2.69. The van der Waals surface area contributed by atoms with Crippen LogP contribution in [0.25, 0.3) is 5.70 Å². The smallest absolute Gasteiger partial charge is 0.363 e. The second kappa shape index (κ2) is 9.12. The first kappa shape index (κ1) is 20.9. The van der Waals surface area contributed by atoms with Crippen LogP contribution in [0.3, 0.4) is 0 Å². The minimum atomic E-state index is -3.22. The summed E-state index contributed by atoms with van der Waals surface area (Å²) in [6.45, 7) is 3.82. The second-order valence-corrected chi connectivity index (χ2v) is 11.9. The van der Waals surface area contributed by atoms with Crippen molar-refractivity contribution < 1.29 is 14.1 Å². The van der Waals surface area contributed by atoms with Gasteiger partial charge >= 0.3 is 5.97 Å². The minimum absolute atomic E-state index is 0.0381. The molecule has 146 valence electrons. The van der Waals surface area contributed by atoms with Gasteiger partial charge in [0.25, 0.3) is 0 Å². The molecule has 5 nitrogen and oxygen atoms in total. The fourth-order valence-electron chi connectivity index (χ4n) is 2.73. The van der Waals surface area contributed by atoms with Crippen LogP contribution in [0.5, 0.6) is 0 Å². The number of benzene rings is 2. The van der Waals surface area contributed by atoms with Crippen molar-refractivity contribution in [2.24, 2.45) is 5.10 Å². The lowest BCUT2D eigenvalue weighted by molar-refractivity contribution is -0.134. The van der Waals surface area contributed by atoms with E-state index in [1.807, 2.05) is 61.5 Å². The molecule has 0 spiro atoms. The predicted molar refractivity (Wildman–Crippen MR) is 121 cm³/mol. The summed E-state index contributed by atoms with van der Waals surface area (Å²) in [5.41, 5.74) is 2.27. The van der Waals surface area contributed by atoms with E-state index in [-0.39, 0.29) is 12.1 Å². The molecule has 2 aromatic rings. The van der Waals surface area contributed by atoms with E-state index < -0.39 is 12.3 Å². The monoisotopic (exact) mass is 478 g/mol. The molecule has 28 heavy (non-hydrogen) atoms. The third kappa shape index (κ3) is 4.43. The summed E-state index contributed by atoms with van der Waals surface area (Å²) >= 11 is 4.66. The van der Waals surface area contributed by atoms with Gasteiger partial charge in [0.15, 0.2) is 0 Å². The van der Waals surface area contributed by atoms with Crippen molar-refractivity contribution in [3.63, 3.8) is 0 Å². The molecule has 1 unspecified atom stereocenters. The number of hydrogen-bond donors (Lipinski definition) is 0. The Kier molecular flexibility index (Phi) is 6.81. The summed E-state index contributed by atoms with van der Waals surface area (Å²) in [7, 11) is 0. The number of halogens is 1. The molecule has 3 rings (SSSR count). The quantitative estimate of drug-likeness (QED) is 0.366. The van der Waals surface area contributed by atoms with Gasteiger partial charge in [-0.2, -0.15) is 5.10 Å². The molecular formula is C20H20BrN2O3PS. The summed E-state index contributed by atoms with van der Waals surface area (Å²) in [6.07, 6.45) is -3.22. The Balaban J connectivity index is 2.18. The van der Waals surface area contributed by atoms with Crippen LogP contribution < -0.4 is 5.01 Å². The summed E-state index contributed by atoms with van der Waals surface area (Å²) < 4.78 is 19.8. The topological polar surface area (TPSA) is 59.0 Å². The molecule has 0 bridgehead atoms. The molecule has 0 aliphatic carbocycles. The van der Waals surface area contributed by atoms with E-state index >= 15 is 0 Å². The number of anilines is 1. The van der Waals surface area contributed by atoms with E-state index in [0.29, 0.717) is 11.4 Å². The Hall–Kier alpha value is -1.82. The van der Waals surface area contributed by atoms with E-state index in [0.717, 1.165) is 15.7 Å². The first-order chi connectivity index (χ1) is 13.5. The van der Waals surface area contributed by atoms with Crippen molar-refractivity contribution >= 4 is 56.5 Å². The van der Waals surface area contributed by atoms with E-state index in [1.165, 1.54) is 11.4 Å². The van der Waals surface area contributed by atoms with Gasteiger partial charge in [-0.1, -0.05) is 64.6 Å². The Morgan fingerprint density at radius 1 is 1.14 bits per heavy atom. The lowest BCUT2D eigenvalue weighted by atomic mass is 10.1. The van der Waals surface area contributed by atoms with Crippen molar-refractivity contribution in [1.29, 1.82) is 0 Å². The van der Waals surface area contributed by atoms with E-state index in [9.17, 15) is 9.36 Å². The number of carbonyl (C=O) groups excluding carboxylic acids is 1. The van der Waals surface area contributed by atoms with Crippen LogP contribution in [-0.2, 0) is 14.1 Å². The molecule has 2 aromatic carbocycles. The summed E-state index contributed by atoms with van der Waals surface area (Å²) in [6, 6.07) is 17.2. The fraction of sp³-hybridized carbons (Fsp3) is 0.200. The lowest BCUT2D eigenvalue weighted by Gasteiger charge is -2.30. The molecule has 0 aromatic heterocycles. The largest absolute Gasteiger partial charge is 0.461 e. The van der Waals surface area contributed by atoms with Gasteiger partial charge in [-0.05, 0) is 36.9 Å². The Bertz CT molecular complexity index is 961. The van der Waals surface area contributed by atoms with Gasteiger partial charge in [-0.15, -0.1) is 0 Å². The zero-order valence-corrected chi connectivity index (χ0v) is 18.8.